The number of carbonyl (C=O) groups excluding carboxylic acids is 1. The molecule has 0 spiro atoms. The summed E-state index contributed by atoms with van der Waals surface area (Å²) in [6.07, 6.45) is 1.37. The number of esters is 1. The number of carbonyl (C=O) groups is 1. The summed E-state index contributed by atoms with van der Waals surface area (Å²) in [4.78, 5) is 43.2. The van der Waals surface area contributed by atoms with Crippen molar-refractivity contribution in [2.24, 2.45) is 4.99 Å². The lowest BCUT2D eigenvalue weighted by Crippen LogP contribution is -2.40. The number of aromatic hydroxyl groups is 1. The number of phenols is 1. The number of phenolic OH excluding ortho intramolecular Hbond substituents is 1. The van der Waals surface area contributed by atoms with Gasteiger partial charge < -0.3 is 19.3 Å². The molecule has 41 heavy (non-hydrogen) atoms. The molecule has 3 heterocycles. The van der Waals surface area contributed by atoms with E-state index in [1.807, 2.05) is 30.3 Å². The van der Waals surface area contributed by atoms with E-state index < -0.39 is 33.9 Å². The van der Waals surface area contributed by atoms with E-state index in [0.29, 0.717) is 33.1 Å². The van der Waals surface area contributed by atoms with E-state index in [-0.39, 0.29) is 29.1 Å². The zero-order valence-corrected chi connectivity index (χ0v) is 22.3. The smallest absolute Gasteiger partial charge is 0.338 e. The van der Waals surface area contributed by atoms with Crippen LogP contribution in [0.15, 0.2) is 82.1 Å². The van der Waals surface area contributed by atoms with Crippen molar-refractivity contribution >= 4 is 34.8 Å². The third-order valence-corrected chi connectivity index (χ3v) is 7.60. The summed E-state index contributed by atoms with van der Waals surface area (Å²) in [5.41, 5.74) is 0.822. The molecule has 0 aliphatic carbocycles. The van der Waals surface area contributed by atoms with Gasteiger partial charge in [0.1, 0.15) is 0 Å². The van der Waals surface area contributed by atoms with E-state index in [9.17, 15) is 24.8 Å². The highest BCUT2D eigenvalue weighted by atomic mass is 32.1. The second-order valence-electron chi connectivity index (χ2n) is 9.02. The largest absolute Gasteiger partial charge is 0.502 e. The average Bonchev–Trinajstić information content (AvgIpc) is 3.57. The predicted octanol–water partition coefficient (Wildman–Crippen LogP) is 3.28. The molecule has 0 bridgehead atoms. The number of para-hydroxylation sites is 1. The van der Waals surface area contributed by atoms with Crippen LogP contribution in [0.25, 0.3) is 11.8 Å². The first-order valence-corrected chi connectivity index (χ1v) is 13.3. The first-order valence-electron chi connectivity index (χ1n) is 12.5. The quantitative estimate of drug-likeness (QED) is 0.211. The van der Waals surface area contributed by atoms with Gasteiger partial charge in [0.2, 0.25) is 12.5 Å². The highest BCUT2D eigenvalue weighted by Crippen LogP contribution is 2.40. The minimum atomic E-state index is -0.948. The maximum Gasteiger partial charge on any atom is 0.338 e. The van der Waals surface area contributed by atoms with Crippen molar-refractivity contribution in [3.05, 3.63) is 119 Å². The molecule has 2 aliphatic rings. The van der Waals surface area contributed by atoms with Crippen molar-refractivity contribution in [3.8, 4) is 17.2 Å². The number of hydrogen-bond donors (Lipinski definition) is 1. The Bertz CT molecular complexity index is 1930. The minimum Gasteiger partial charge on any atom is -0.502 e. The van der Waals surface area contributed by atoms with Crippen molar-refractivity contribution in [3.63, 3.8) is 0 Å². The van der Waals surface area contributed by atoms with Gasteiger partial charge in [-0.1, -0.05) is 59.9 Å². The SMILES string of the molecule is CCOC(=O)C1=C(c2ccccc2)N=c2s/c(=C/c3cccc([N+](=O)[O-])c3O)c(=O)n2[C@@H]1c1ccc2c(c1)OCO2. The monoisotopic (exact) mass is 571 g/mol. The Balaban J connectivity index is 1.65. The molecule has 3 aromatic carbocycles. The Morgan fingerprint density at radius 3 is 2.71 bits per heavy atom. The molecule has 1 atom stereocenters. The van der Waals surface area contributed by atoms with Crippen LogP contribution in [0, 0.1) is 10.1 Å². The standard InChI is InChI=1S/C29H21N3O8S/c1-2-38-28(35)23-24(16-7-4-3-5-8-16)30-29-31(25(23)17-11-12-20-21(13-17)40-15-39-20)27(34)22(41-29)14-18-9-6-10-19(26(18)33)32(36)37/h3-14,25,33H,2,15H2,1H3/b22-14+/t25-/m1/s1. The maximum absolute atomic E-state index is 14.0. The summed E-state index contributed by atoms with van der Waals surface area (Å²) in [6, 6.07) is 17.4. The number of fused-ring (bicyclic) bond motifs is 2. The minimum absolute atomic E-state index is 0.0457. The predicted molar refractivity (Wildman–Crippen MR) is 148 cm³/mol. The second-order valence-corrected chi connectivity index (χ2v) is 10.0. The molecule has 0 unspecified atom stereocenters. The topological polar surface area (TPSA) is 142 Å². The molecule has 0 saturated heterocycles. The zero-order chi connectivity index (χ0) is 28.7. The van der Waals surface area contributed by atoms with Gasteiger partial charge in [0.05, 0.1) is 33.4 Å². The molecule has 11 nitrogen and oxygen atoms in total. The van der Waals surface area contributed by atoms with E-state index in [1.54, 1.807) is 25.1 Å². The molecule has 206 valence electrons. The van der Waals surface area contributed by atoms with Gasteiger partial charge in [-0.05, 0) is 30.7 Å². The Morgan fingerprint density at radius 1 is 1.17 bits per heavy atom. The molecular weight excluding hydrogens is 550 g/mol. The first-order chi connectivity index (χ1) is 19.9. The number of aromatic nitrogens is 1. The van der Waals surface area contributed by atoms with Crippen molar-refractivity contribution in [2.45, 2.75) is 13.0 Å². The molecule has 2 aliphatic heterocycles. The van der Waals surface area contributed by atoms with Crippen molar-refractivity contribution in [2.75, 3.05) is 13.4 Å². The third-order valence-electron chi connectivity index (χ3n) is 6.62. The van der Waals surface area contributed by atoms with Gasteiger partial charge in [-0.2, -0.15) is 0 Å². The van der Waals surface area contributed by atoms with E-state index in [4.69, 9.17) is 19.2 Å². The Labute approximate surface area is 235 Å². The number of benzene rings is 3. The summed E-state index contributed by atoms with van der Waals surface area (Å²) in [5.74, 6) is -0.198. The molecule has 0 amide bonds. The van der Waals surface area contributed by atoms with Crippen LogP contribution in [0.1, 0.15) is 29.7 Å². The number of thiazole rings is 1. The summed E-state index contributed by atoms with van der Waals surface area (Å²) < 4.78 is 18.0. The molecule has 1 aromatic heterocycles. The molecule has 1 N–H and O–H groups in total. The van der Waals surface area contributed by atoms with Gasteiger partial charge in [-0.15, -0.1) is 0 Å². The van der Waals surface area contributed by atoms with Crippen LogP contribution in [0.3, 0.4) is 0 Å². The lowest BCUT2D eigenvalue weighted by Gasteiger charge is -2.26. The van der Waals surface area contributed by atoms with Crippen molar-refractivity contribution < 1.29 is 29.0 Å². The molecule has 0 radical (unpaired) electrons. The number of nitrogens with zero attached hydrogens (tertiary/aromatic N) is 3. The normalized spacial score (nSPS) is 15.8. The molecular formula is C29H21N3O8S. The fourth-order valence-corrected chi connectivity index (χ4v) is 5.78. The summed E-state index contributed by atoms with van der Waals surface area (Å²) in [5, 5.41) is 21.8. The van der Waals surface area contributed by atoms with Crippen LogP contribution >= 0.6 is 11.3 Å². The van der Waals surface area contributed by atoms with Gasteiger partial charge in [0, 0.05) is 17.2 Å². The van der Waals surface area contributed by atoms with Crippen LogP contribution < -0.4 is 24.4 Å². The number of rotatable bonds is 6. The summed E-state index contributed by atoms with van der Waals surface area (Å²) in [6.45, 7) is 1.84. The van der Waals surface area contributed by atoms with Gasteiger partial charge in [-0.3, -0.25) is 19.5 Å². The molecule has 0 fully saturated rings. The van der Waals surface area contributed by atoms with Crippen LogP contribution in [-0.4, -0.2) is 34.0 Å². The highest BCUT2D eigenvalue weighted by Gasteiger charge is 2.36. The number of hydrogen-bond acceptors (Lipinski definition) is 10. The number of nitro benzene ring substituents is 1. The Morgan fingerprint density at radius 2 is 1.95 bits per heavy atom. The van der Waals surface area contributed by atoms with Gasteiger partial charge in [0.25, 0.3) is 5.56 Å². The molecule has 4 aromatic rings. The first kappa shape index (κ1) is 26.0. The van der Waals surface area contributed by atoms with E-state index >= 15 is 0 Å². The fourth-order valence-electron chi connectivity index (χ4n) is 4.79. The number of nitro groups is 1. The van der Waals surface area contributed by atoms with Crippen LogP contribution in [0.4, 0.5) is 5.69 Å². The summed E-state index contributed by atoms with van der Waals surface area (Å²) >= 11 is 1.03. The zero-order valence-electron chi connectivity index (χ0n) is 21.5. The van der Waals surface area contributed by atoms with Crippen LogP contribution in [-0.2, 0) is 9.53 Å². The van der Waals surface area contributed by atoms with Gasteiger partial charge in [0.15, 0.2) is 16.3 Å². The fraction of sp³-hybridized carbons (Fsp3) is 0.138. The maximum atomic E-state index is 14.0. The average molecular weight is 572 g/mol. The van der Waals surface area contributed by atoms with Gasteiger partial charge in [-0.25, -0.2) is 9.79 Å². The van der Waals surface area contributed by atoms with Gasteiger partial charge >= 0.3 is 11.7 Å². The van der Waals surface area contributed by atoms with E-state index in [1.165, 1.54) is 28.8 Å². The lowest BCUT2D eigenvalue weighted by atomic mass is 9.93. The Kier molecular flexibility index (Phi) is 6.59. The van der Waals surface area contributed by atoms with Crippen molar-refractivity contribution in [1.29, 1.82) is 0 Å². The highest BCUT2D eigenvalue weighted by molar-refractivity contribution is 7.07. The second kappa shape index (κ2) is 10.4. The third kappa shape index (κ3) is 4.53. The Hall–Kier alpha value is -5.23. The molecule has 0 saturated carbocycles. The number of ether oxygens (including phenoxy) is 3. The summed E-state index contributed by atoms with van der Waals surface area (Å²) in [7, 11) is 0. The van der Waals surface area contributed by atoms with E-state index in [0.717, 1.165) is 11.3 Å². The lowest BCUT2D eigenvalue weighted by molar-refractivity contribution is -0.385. The van der Waals surface area contributed by atoms with Crippen molar-refractivity contribution in [1.82, 2.24) is 4.57 Å². The van der Waals surface area contributed by atoms with Crippen LogP contribution in [0.2, 0.25) is 0 Å². The van der Waals surface area contributed by atoms with E-state index in [2.05, 4.69) is 0 Å². The molecule has 6 rings (SSSR count). The molecule has 12 heteroatoms. The van der Waals surface area contributed by atoms with Crippen LogP contribution in [0.5, 0.6) is 17.2 Å².